The summed E-state index contributed by atoms with van der Waals surface area (Å²) in [4.78, 5) is 4.92. The van der Waals surface area contributed by atoms with Gasteiger partial charge in [-0.05, 0) is 24.6 Å². The summed E-state index contributed by atoms with van der Waals surface area (Å²) in [6.45, 7) is 8.09. The van der Waals surface area contributed by atoms with E-state index in [-0.39, 0.29) is 6.04 Å². The summed E-state index contributed by atoms with van der Waals surface area (Å²) in [5, 5.41) is 0.596. The maximum absolute atomic E-state index is 6.57. The zero-order chi connectivity index (χ0) is 16.8. The van der Waals surface area contributed by atoms with Crippen molar-refractivity contribution in [3.63, 3.8) is 0 Å². The molecule has 1 aromatic rings. The number of methoxy groups -OCH3 is 2. The quantitative estimate of drug-likeness (QED) is 0.825. The molecule has 1 fully saturated rings. The van der Waals surface area contributed by atoms with Gasteiger partial charge in [-0.25, -0.2) is 0 Å². The summed E-state index contributed by atoms with van der Waals surface area (Å²) in [5.41, 5.74) is 7.08. The molecule has 0 amide bonds. The molecule has 0 spiro atoms. The average Bonchev–Trinajstić information content (AvgIpc) is 2.58. The van der Waals surface area contributed by atoms with E-state index in [2.05, 4.69) is 16.7 Å². The van der Waals surface area contributed by atoms with Gasteiger partial charge in [-0.15, -0.1) is 0 Å². The first-order valence-electron chi connectivity index (χ1n) is 8.23. The summed E-state index contributed by atoms with van der Waals surface area (Å²) in [6.07, 6.45) is 1.20. The molecule has 0 saturated carbocycles. The molecular weight excluding hydrogens is 314 g/mol. The summed E-state index contributed by atoms with van der Waals surface area (Å²) >= 11 is 6.57. The van der Waals surface area contributed by atoms with Gasteiger partial charge in [-0.2, -0.15) is 0 Å². The van der Waals surface area contributed by atoms with E-state index in [0.717, 1.165) is 38.3 Å². The minimum Gasteiger partial charge on any atom is -0.493 e. The van der Waals surface area contributed by atoms with Gasteiger partial charge >= 0.3 is 0 Å². The standard InChI is InChI=1S/C17H28ClN3O2/c1-4-7-20-8-10-21(11-9-20)14(12-19)13-5-6-15(22-2)17(23-3)16(13)18/h5-6,14H,4,7-12,19H2,1-3H3. The molecule has 1 saturated heterocycles. The number of halogens is 1. The summed E-state index contributed by atoms with van der Waals surface area (Å²) in [5.74, 6) is 1.22. The van der Waals surface area contributed by atoms with Crippen molar-refractivity contribution in [3.8, 4) is 11.5 Å². The molecule has 23 heavy (non-hydrogen) atoms. The number of hydrogen-bond donors (Lipinski definition) is 1. The molecule has 1 atom stereocenters. The molecule has 1 aliphatic heterocycles. The molecule has 1 aliphatic rings. The molecule has 0 aromatic heterocycles. The highest BCUT2D eigenvalue weighted by atomic mass is 35.5. The van der Waals surface area contributed by atoms with Crippen LogP contribution in [0.1, 0.15) is 24.9 Å². The monoisotopic (exact) mass is 341 g/mol. The second-order valence-electron chi connectivity index (χ2n) is 5.83. The van der Waals surface area contributed by atoms with Gasteiger partial charge in [0.1, 0.15) is 0 Å². The average molecular weight is 342 g/mol. The van der Waals surface area contributed by atoms with E-state index < -0.39 is 0 Å². The van der Waals surface area contributed by atoms with Crippen LogP contribution >= 0.6 is 11.6 Å². The summed E-state index contributed by atoms with van der Waals surface area (Å²) < 4.78 is 10.7. The summed E-state index contributed by atoms with van der Waals surface area (Å²) in [6, 6.07) is 4.00. The first-order valence-corrected chi connectivity index (χ1v) is 8.60. The van der Waals surface area contributed by atoms with Crippen LogP contribution in [0.3, 0.4) is 0 Å². The van der Waals surface area contributed by atoms with E-state index in [1.165, 1.54) is 6.42 Å². The number of ether oxygens (including phenoxy) is 2. The zero-order valence-electron chi connectivity index (χ0n) is 14.3. The Labute approximate surface area is 144 Å². The van der Waals surface area contributed by atoms with E-state index in [4.69, 9.17) is 26.8 Å². The molecular formula is C17H28ClN3O2. The minimum atomic E-state index is 0.103. The predicted molar refractivity (Wildman–Crippen MR) is 94.7 cm³/mol. The third-order valence-corrected chi connectivity index (χ3v) is 4.87. The Balaban J connectivity index is 2.18. The normalized spacial score (nSPS) is 18.0. The number of nitrogens with zero attached hydrogens (tertiary/aromatic N) is 2. The fourth-order valence-corrected chi connectivity index (χ4v) is 3.61. The maximum atomic E-state index is 6.57. The molecule has 0 aliphatic carbocycles. The van der Waals surface area contributed by atoms with E-state index in [1.54, 1.807) is 14.2 Å². The predicted octanol–water partition coefficient (Wildman–Crippen LogP) is 2.38. The molecule has 0 radical (unpaired) electrons. The Kier molecular flexibility index (Phi) is 6.96. The van der Waals surface area contributed by atoms with Crippen molar-refractivity contribution in [1.29, 1.82) is 0 Å². The van der Waals surface area contributed by atoms with Crippen LogP contribution in [0.15, 0.2) is 12.1 Å². The van der Waals surface area contributed by atoms with Crippen molar-refractivity contribution < 1.29 is 9.47 Å². The molecule has 2 N–H and O–H groups in total. The molecule has 130 valence electrons. The lowest BCUT2D eigenvalue weighted by Crippen LogP contribution is -2.49. The Hall–Kier alpha value is -1.01. The van der Waals surface area contributed by atoms with Crippen molar-refractivity contribution in [2.45, 2.75) is 19.4 Å². The van der Waals surface area contributed by atoms with Crippen LogP contribution in [0.4, 0.5) is 0 Å². The Morgan fingerprint density at radius 3 is 2.39 bits per heavy atom. The molecule has 6 heteroatoms. The smallest absolute Gasteiger partial charge is 0.179 e. The van der Waals surface area contributed by atoms with Gasteiger partial charge < -0.3 is 20.1 Å². The van der Waals surface area contributed by atoms with Crippen LogP contribution in [0, 0.1) is 0 Å². The van der Waals surface area contributed by atoms with Crippen molar-refractivity contribution in [1.82, 2.24) is 9.80 Å². The van der Waals surface area contributed by atoms with Crippen molar-refractivity contribution in [2.75, 3.05) is 53.5 Å². The second-order valence-corrected chi connectivity index (χ2v) is 6.21. The van der Waals surface area contributed by atoms with E-state index in [1.807, 2.05) is 12.1 Å². The number of piperazine rings is 1. The van der Waals surface area contributed by atoms with Crippen LogP contribution in [0.5, 0.6) is 11.5 Å². The fourth-order valence-electron chi connectivity index (χ4n) is 3.25. The number of benzene rings is 1. The lowest BCUT2D eigenvalue weighted by molar-refractivity contribution is 0.0985. The molecule has 0 bridgehead atoms. The maximum Gasteiger partial charge on any atom is 0.179 e. The molecule has 1 aromatic carbocycles. The van der Waals surface area contributed by atoms with Gasteiger partial charge in [0.15, 0.2) is 11.5 Å². The first-order chi connectivity index (χ1) is 11.2. The van der Waals surface area contributed by atoms with Crippen LogP contribution in [-0.2, 0) is 0 Å². The van der Waals surface area contributed by atoms with Crippen LogP contribution < -0.4 is 15.2 Å². The fraction of sp³-hybridized carbons (Fsp3) is 0.647. The van der Waals surface area contributed by atoms with Crippen LogP contribution in [0.25, 0.3) is 0 Å². The highest BCUT2D eigenvalue weighted by Crippen LogP contribution is 2.40. The number of nitrogens with two attached hydrogens (primary N) is 1. The van der Waals surface area contributed by atoms with Gasteiger partial charge in [0, 0.05) is 38.8 Å². The van der Waals surface area contributed by atoms with Gasteiger partial charge in [-0.3, -0.25) is 4.90 Å². The molecule has 5 nitrogen and oxygen atoms in total. The largest absolute Gasteiger partial charge is 0.493 e. The van der Waals surface area contributed by atoms with E-state index in [9.17, 15) is 0 Å². The van der Waals surface area contributed by atoms with Crippen molar-refractivity contribution >= 4 is 11.6 Å². The second kappa shape index (κ2) is 8.73. The number of hydrogen-bond acceptors (Lipinski definition) is 5. The third-order valence-electron chi connectivity index (χ3n) is 4.48. The highest BCUT2D eigenvalue weighted by Gasteiger charge is 2.27. The van der Waals surface area contributed by atoms with E-state index in [0.29, 0.717) is 23.1 Å². The Morgan fingerprint density at radius 2 is 1.87 bits per heavy atom. The minimum absolute atomic E-state index is 0.103. The van der Waals surface area contributed by atoms with Gasteiger partial charge in [-0.1, -0.05) is 24.6 Å². The third kappa shape index (κ3) is 4.10. The Morgan fingerprint density at radius 1 is 1.17 bits per heavy atom. The van der Waals surface area contributed by atoms with Crippen LogP contribution in [-0.4, -0.2) is 63.3 Å². The van der Waals surface area contributed by atoms with Crippen LogP contribution in [0.2, 0.25) is 5.02 Å². The first kappa shape index (κ1) is 18.3. The van der Waals surface area contributed by atoms with Crippen molar-refractivity contribution in [2.24, 2.45) is 5.73 Å². The van der Waals surface area contributed by atoms with Gasteiger partial charge in [0.25, 0.3) is 0 Å². The number of rotatable bonds is 7. The molecule has 1 heterocycles. The lowest BCUT2D eigenvalue weighted by Gasteiger charge is -2.39. The van der Waals surface area contributed by atoms with Gasteiger partial charge in [0.2, 0.25) is 0 Å². The van der Waals surface area contributed by atoms with Crippen molar-refractivity contribution in [3.05, 3.63) is 22.7 Å². The van der Waals surface area contributed by atoms with E-state index >= 15 is 0 Å². The topological polar surface area (TPSA) is 51.0 Å². The lowest BCUT2D eigenvalue weighted by atomic mass is 10.0. The van der Waals surface area contributed by atoms with Gasteiger partial charge in [0.05, 0.1) is 19.2 Å². The molecule has 1 unspecified atom stereocenters. The summed E-state index contributed by atoms with van der Waals surface area (Å²) in [7, 11) is 3.22. The Bertz CT molecular complexity index is 505. The highest BCUT2D eigenvalue weighted by molar-refractivity contribution is 6.33. The SMILES string of the molecule is CCCN1CCN(C(CN)c2ccc(OC)c(OC)c2Cl)CC1. The molecule has 2 rings (SSSR count). The zero-order valence-corrected chi connectivity index (χ0v) is 15.1.